The summed E-state index contributed by atoms with van der Waals surface area (Å²) in [7, 11) is 0. The zero-order chi connectivity index (χ0) is 14.1. The van der Waals surface area contributed by atoms with Crippen molar-refractivity contribution in [3.8, 4) is 0 Å². The van der Waals surface area contributed by atoms with E-state index in [1.807, 2.05) is 18.2 Å². The fourth-order valence-electron chi connectivity index (χ4n) is 2.23. The molecule has 0 aromatic heterocycles. The molecular weight excluding hydrogens is 222 g/mol. The van der Waals surface area contributed by atoms with Gasteiger partial charge in [0.1, 0.15) is 0 Å². The molecule has 0 unspecified atom stereocenters. The van der Waals surface area contributed by atoms with Gasteiger partial charge in [0.05, 0.1) is 0 Å². The third-order valence-corrected chi connectivity index (χ3v) is 2.93. The van der Waals surface area contributed by atoms with E-state index in [0.717, 1.165) is 17.5 Å². The minimum absolute atomic E-state index is 0.0712. The zero-order valence-corrected chi connectivity index (χ0v) is 12.4. The molecule has 1 aromatic rings. The van der Waals surface area contributed by atoms with Gasteiger partial charge in [-0.2, -0.15) is 0 Å². The summed E-state index contributed by atoms with van der Waals surface area (Å²) in [6, 6.07) is 6.04. The number of carbonyl (C=O) groups excluding carboxylic acids is 1. The van der Waals surface area contributed by atoms with Crippen molar-refractivity contribution in [3.05, 3.63) is 34.9 Å². The third-order valence-electron chi connectivity index (χ3n) is 2.93. The van der Waals surface area contributed by atoms with Gasteiger partial charge < -0.3 is 5.73 Å². The molecule has 0 aliphatic carbocycles. The Balaban J connectivity index is 3.41. The van der Waals surface area contributed by atoms with Crippen LogP contribution >= 0.6 is 0 Å². The highest BCUT2D eigenvalue weighted by molar-refractivity contribution is 5.96. The van der Waals surface area contributed by atoms with Gasteiger partial charge in [-0.05, 0) is 28.4 Å². The molecule has 0 spiro atoms. The molecule has 0 aliphatic rings. The van der Waals surface area contributed by atoms with Crippen LogP contribution in [0, 0.1) is 5.41 Å². The molecule has 2 heteroatoms. The van der Waals surface area contributed by atoms with Gasteiger partial charge in [-0.3, -0.25) is 4.79 Å². The smallest absolute Gasteiger partial charge is 0.249 e. The molecule has 0 radical (unpaired) electrons. The van der Waals surface area contributed by atoms with E-state index in [9.17, 15) is 4.79 Å². The lowest BCUT2D eigenvalue weighted by Crippen LogP contribution is -2.24. The highest BCUT2D eigenvalue weighted by Gasteiger charge is 2.24. The summed E-state index contributed by atoms with van der Waals surface area (Å²) in [4.78, 5) is 11.8. The molecule has 1 rings (SSSR count). The van der Waals surface area contributed by atoms with Crippen LogP contribution in [-0.4, -0.2) is 5.91 Å². The Kier molecular flexibility index (Phi) is 3.89. The minimum Gasteiger partial charge on any atom is -0.366 e. The van der Waals surface area contributed by atoms with Crippen LogP contribution in [0.15, 0.2) is 18.2 Å². The Labute approximate surface area is 111 Å². The van der Waals surface area contributed by atoms with E-state index < -0.39 is 0 Å². The molecule has 0 heterocycles. The Hall–Kier alpha value is -1.31. The minimum atomic E-state index is -0.320. The maximum Gasteiger partial charge on any atom is 0.249 e. The lowest BCUT2D eigenvalue weighted by molar-refractivity contribution is 0.0997. The molecule has 2 nitrogen and oxygen atoms in total. The summed E-state index contributed by atoms with van der Waals surface area (Å²) in [5.74, 6) is -0.320. The Morgan fingerprint density at radius 1 is 1.11 bits per heavy atom. The molecule has 0 fully saturated rings. The molecule has 1 amide bonds. The zero-order valence-electron chi connectivity index (χ0n) is 12.4. The number of benzene rings is 1. The van der Waals surface area contributed by atoms with Crippen LogP contribution in [0.25, 0.3) is 0 Å². The number of hydrogen-bond acceptors (Lipinski definition) is 1. The molecule has 1 aromatic carbocycles. The van der Waals surface area contributed by atoms with E-state index in [2.05, 4.69) is 41.5 Å². The Morgan fingerprint density at radius 3 is 2.06 bits per heavy atom. The maximum atomic E-state index is 11.8. The Morgan fingerprint density at radius 2 is 1.67 bits per heavy atom. The fraction of sp³-hybridized carbons (Fsp3) is 0.562. The number of nitrogens with two attached hydrogens (primary N) is 1. The lowest BCUT2D eigenvalue weighted by Gasteiger charge is -2.26. The van der Waals surface area contributed by atoms with Crippen molar-refractivity contribution >= 4 is 5.91 Å². The summed E-state index contributed by atoms with van der Waals surface area (Å²) in [5, 5.41) is 0. The van der Waals surface area contributed by atoms with Crippen molar-refractivity contribution < 1.29 is 4.79 Å². The monoisotopic (exact) mass is 247 g/mol. The van der Waals surface area contributed by atoms with Crippen molar-refractivity contribution in [2.24, 2.45) is 11.1 Å². The quantitative estimate of drug-likeness (QED) is 0.851. The van der Waals surface area contributed by atoms with Crippen LogP contribution in [0.1, 0.15) is 63.0 Å². The molecule has 2 N–H and O–H groups in total. The predicted octanol–water partition coefficient (Wildman–Crippen LogP) is 3.67. The van der Waals surface area contributed by atoms with Gasteiger partial charge in [-0.1, -0.05) is 59.7 Å². The molecule has 18 heavy (non-hydrogen) atoms. The second-order valence-corrected chi connectivity index (χ2v) is 7.19. The number of carbonyl (C=O) groups is 1. The van der Waals surface area contributed by atoms with Crippen LogP contribution in [0.5, 0.6) is 0 Å². The Bertz CT molecular complexity index is 447. The first-order chi connectivity index (χ1) is 8.02. The standard InChI is InChI=1S/C16H25NO/c1-15(2,3)10-11-8-7-9-12(16(4,5)6)13(11)14(17)18/h7-9H,10H2,1-6H3,(H2,17,18). The van der Waals surface area contributed by atoms with Gasteiger partial charge in [0.2, 0.25) is 5.91 Å². The number of primary amides is 1. The number of amides is 1. The molecule has 0 aliphatic heterocycles. The van der Waals surface area contributed by atoms with Crippen LogP contribution in [-0.2, 0) is 11.8 Å². The van der Waals surface area contributed by atoms with Gasteiger partial charge in [0.15, 0.2) is 0 Å². The van der Waals surface area contributed by atoms with E-state index in [-0.39, 0.29) is 16.7 Å². The summed E-state index contributed by atoms with van der Waals surface area (Å²) < 4.78 is 0. The topological polar surface area (TPSA) is 43.1 Å². The first-order valence-corrected chi connectivity index (χ1v) is 6.44. The molecule has 0 saturated heterocycles. The fourth-order valence-corrected chi connectivity index (χ4v) is 2.23. The van der Waals surface area contributed by atoms with Crippen molar-refractivity contribution in [3.63, 3.8) is 0 Å². The van der Waals surface area contributed by atoms with Crippen molar-refractivity contribution in [2.75, 3.05) is 0 Å². The van der Waals surface area contributed by atoms with Crippen LogP contribution in [0.3, 0.4) is 0 Å². The van der Waals surface area contributed by atoms with Crippen molar-refractivity contribution in [1.82, 2.24) is 0 Å². The first kappa shape index (κ1) is 14.7. The molecule has 0 saturated carbocycles. The summed E-state index contributed by atoms with van der Waals surface area (Å²) >= 11 is 0. The van der Waals surface area contributed by atoms with Gasteiger partial charge in [-0.15, -0.1) is 0 Å². The summed E-state index contributed by atoms with van der Waals surface area (Å²) in [6.45, 7) is 12.8. The summed E-state index contributed by atoms with van der Waals surface area (Å²) in [6.07, 6.45) is 0.856. The molecule has 100 valence electrons. The van der Waals surface area contributed by atoms with E-state index in [0.29, 0.717) is 5.56 Å². The van der Waals surface area contributed by atoms with E-state index in [1.54, 1.807) is 0 Å². The largest absolute Gasteiger partial charge is 0.366 e. The lowest BCUT2D eigenvalue weighted by atomic mass is 9.78. The van der Waals surface area contributed by atoms with Gasteiger partial charge in [0.25, 0.3) is 0 Å². The molecule has 0 bridgehead atoms. The van der Waals surface area contributed by atoms with Crippen LogP contribution in [0.2, 0.25) is 0 Å². The van der Waals surface area contributed by atoms with Crippen molar-refractivity contribution in [1.29, 1.82) is 0 Å². The number of hydrogen-bond donors (Lipinski definition) is 1. The molecule has 0 atom stereocenters. The van der Waals surface area contributed by atoms with E-state index >= 15 is 0 Å². The third kappa shape index (κ3) is 3.59. The predicted molar refractivity (Wildman–Crippen MR) is 76.8 cm³/mol. The average Bonchev–Trinajstić information content (AvgIpc) is 2.12. The number of rotatable bonds is 2. The molecular formula is C16H25NO. The first-order valence-electron chi connectivity index (χ1n) is 6.44. The van der Waals surface area contributed by atoms with E-state index in [4.69, 9.17) is 5.73 Å². The normalized spacial score (nSPS) is 12.6. The van der Waals surface area contributed by atoms with Crippen LogP contribution < -0.4 is 5.73 Å². The van der Waals surface area contributed by atoms with Crippen LogP contribution in [0.4, 0.5) is 0 Å². The highest BCUT2D eigenvalue weighted by atomic mass is 16.1. The van der Waals surface area contributed by atoms with Crippen molar-refractivity contribution in [2.45, 2.75) is 53.4 Å². The van der Waals surface area contributed by atoms with Gasteiger partial charge in [0, 0.05) is 5.56 Å². The summed E-state index contributed by atoms with van der Waals surface area (Å²) in [5.41, 5.74) is 8.47. The van der Waals surface area contributed by atoms with E-state index in [1.165, 1.54) is 0 Å². The highest BCUT2D eigenvalue weighted by Crippen LogP contribution is 2.31. The SMILES string of the molecule is CC(C)(C)Cc1cccc(C(C)(C)C)c1C(N)=O. The maximum absolute atomic E-state index is 11.8. The second kappa shape index (κ2) is 4.75. The second-order valence-electron chi connectivity index (χ2n) is 7.19. The van der Waals surface area contributed by atoms with Gasteiger partial charge >= 0.3 is 0 Å². The van der Waals surface area contributed by atoms with Gasteiger partial charge in [-0.25, -0.2) is 0 Å². The average molecular weight is 247 g/mol.